The Morgan fingerprint density at radius 3 is 2.41 bits per heavy atom. The average Bonchev–Trinajstić information content (AvgIpc) is 3.33. The van der Waals surface area contributed by atoms with Crippen molar-refractivity contribution in [3.05, 3.63) is 65.2 Å². The molecule has 4 aliphatic rings. The Balaban J connectivity index is 1.33. The Morgan fingerprint density at radius 2 is 1.75 bits per heavy atom. The third-order valence-electron chi connectivity index (χ3n) is 9.46. The number of hydrogen-bond acceptors (Lipinski definition) is 8. The van der Waals surface area contributed by atoms with Crippen LogP contribution in [0.4, 0.5) is 8.78 Å². The average molecular weight is 613 g/mol. The maximum Gasteiger partial charge on any atom is 0.482 e. The van der Waals surface area contributed by atoms with Crippen molar-refractivity contribution in [1.82, 2.24) is 5.32 Å². The maximum absolute atomic E-state index is 13.8. The van der Waals surface area contributed by atoms with Gasteiger partial charge in [-0.05, 0) is 74.1 Å². The summed E-state index contributed by atoms with van der Waals surface area (Å²) in [6.45, 7) is 6.55. The molecule has 5 unspecified atom stereocenters. The summed E-state index contributed by atoms with van der Waals surface area (Å²) in [7, 11) is 0.469. The van der Waals surface area contributed by atoms with E-state index in [0.29, 0.717) is 24.0 Å². The molecule has 3 saturated carbocycles. The quantitative estimate of drug-likeness (QED) is 0.214. The Hall–Kier alpha value is -3.51. The van der Waals surface area contributed by atoms with Crippen LogP contribution in [0.5, 0.6) is 5.75 Å². The van der Waals surface area contributed by atoms with Crippen LogP contribution in [0.1, 0.15) is 73.2 Å². The molecule has 0 spiro atoms. The smallest absolute Gasteiger partial charge is 0.482 e. The van der Waals surface area contributed by atoms with Crippen LogP contribution in [-0.2, 0) is 30.0 Å². The van der Waals surface area contributed by atoms with E-state index in [4.69, 9.17) is 23.5 Å². The fraction of sp³-hybridized carbons (Fsp3) is 0.531. The number of para-hydroxylation sites is 1. The molecule has 9 nitrogen and oxygen atoms in total. The molecule has 1 saturated heterocycles. The van der Waals surface area contributed by atoms with E-state index in [2.05, 4.69) is 19.2 Å². The molecule has 1 aliphatic heterocycles. The molecule has 0 aromatic heterocycles. The summed E-state index contributed by atoms with van der Waals surface area (Å²) in [5, 5.41) is 2.70. The van der Waals surface area contributed by atoms with E-state index in [0.717, 1.165) is 12.8 Å². The van der Waals surface area contributed by atoms with E-state index < -0.39 is 55.6 Å². The van der Waals surface area contributed by atoms with E-state index in [-0.39, 0.29) is 35.2 Å². The summed E-state index contributed by atoms with van der Waals surface area (Å²) in [5.41, 5.74) is 0.354. The highest BCUT2D eigenvalue weighted by Gasteiger charge is 2.68. The highest BCUT2D eigenvalue weighted by atomic mass is 19.3. The van der Waals surface area contributed by atoms with Crippen molar-refractivity contribution in [2.75, 3.05) is 13.9 Å². The number of ether oxygens (including phenoxy) is 3. The summed E-state index contributed by atoms with van der Waals surface area (Å²) in [5.74, 6) is -5.46. The number of rotatable bonds is 11. The van der Waals surface area contributed by atoms with Crippen LogP contribution in [0, 0.1) is 17.3 Å². The maximum atomic E-state index is 13.8. The van der Waals surface area contributed by atoms with E-state index in [1.165, 1.54) is 13.2 Å². The third kappa shape index (κ3) is 6.33. The van der Waals surface area contributed by atoms with Crippen LogP contribution in [-0.4, -0.2) is 62.4 Å². The lowest BCUT2D eigenvalue weighted by atomic mass is 9.43. The van der Waals surface area contributed by atoms with Gasteiger partial charge in [0, 0.05) is 0 Å². The van der Waals surface area contributed by atoms with Gasteiger partial charge >= 0.3 is 19.1 Å². The summed E-state index contributed by atoms with van der Waals surface area (Å²) < 4.78 is 56.3. The van der Waals surface area contributed by atoms with Crippen molar-refractivity contribution in [3.63, 3.8) is 0 Å². The van der Waals surface area contributed by atoms with Gasteiger partial charge in [-0.2, -0.15) is 0 Å². The molecule has 44 heavy (non-hydrogen) atoms. The normalized spacial score (nSPS) is 25.7. The highest BCUT2D eigenvalue weighted by Crippen LogP contribution is 2.65. The molecule has 6 rings (SSSR count). The van der Waals surface area contributed by atoms with Gasteiger partial charge in [-0.25, -0.2) is 18.4 Å². The fourth-order valence-corrected chi connectivity index (χ4v) is 7.08. The number of halogens is 2. The summed E-state index contributed by atoms with van der Waals surface area (Å²) in [4.78, 5) is 37.9. The zero-order chi connectivity index (χ0) is 31.9. The number of amides is 1. The number of carbonyl (C=O) groups excluding carboxylic acids is 3. The van der Waals surface area contributed by atoms with Crippen LogP contribution in [0.2, 0.25) is 0 Å². The van der Waals surface area contributed by atoms with E-state index in [9.17, 15) is 23.2 Å². The largest absolute Gasteiger partial charge is 0.496 e. The van der Waals surface area contributed by atoms with Gasteiger partial charge in [0.25, 0.3) is 5.92 Å². The minimum Gasteiger partial charge on any atom is -0.496 e. The van der Waals surface area contributed by atoms with Gasteiger partial charge in [0.2, 0.25) is 12.7 Å². The molecule has 2 aromatic rings. The molecule has 12 heteroatoms. The minimum atomic E-state index is -3.21. The van der Waals surface area contributed by atoms with Crippen molar-refractivity contribution >= 4 is 25.0 Å². The number of alkyl halides is 2. The number of hydrogen-bond donors (Lipinski definition) is 1. The van der Waals surface area contributed by atoms with Crippen molar-refractivity contribution in [2.24, 2.45) is 17.3 Å². The van der Waals surface area contributed by atoms with Gasteiger partial charge in [0.05, 0.1) is 36.7 Å². The minimum absolute atomic E-state index is 0.0548. The van der Waals surface area contributed by atoms with Crippen molar-refractivity contribution < 1.29 is 46.7 Å². The van der Waals surface area contributed by atoms with Crippen LogP contribution in [0.25, 0.3) is 0 Å². The molecule has 4 fully saturated rings. The Kier molecular flexibility index (Phi) is 8.79. The number of carbonyl (C=O) groups is 3. The van der Waals surface area contributed by atoms with Crippen LogP contribution in [0.15, 0.2) is 48.5 Å². The lowest BCUT2D eigenvalue weighted by Gasteiger charge is -2.64. The van der Waals surface area contributed by atoms with Gasteiger partial charge < -0.3 is 28.8 Å². The first kappa shape index (κ1) is 31.9. The SMILES string of the molecule is COc1c(CC(NC(=O)CC(C)(F)F)B2OC3CC4CC(C4(C)C)C3(C)O2)cccc1C(=O)OCOC(=O)c1ccccc1. The van der Waals surface area contributed by atoms with Gasteiger partial charge in [0.15, 0.2) is 0 Å². The number of esters is 2. The van der Waals surface area contributed by atoms with Crippen molar-refractivity contribution in [3.8, 4) is 5.75 Å². The van der Waals surface area contributed by atoms with Gasteiger partial charge in [-0.1, -0.05) is 44.2 Å². The second kappa shape index (κ2) is 12.1. The number of nitrogens with one attached hydrogen (secondary N) is 1. The molecule has 0 radical (unpaired) electrons. The van der Waals surface area contributed by atoms with Gasteiger partial charge in [0.1, 0.15) is 11.3 Å². The second-order valence-corrected chi connectivity index (χ2v) is 12.8. The number of benzene rings is 2. The van der Waals surface area contributed by atoms with Crippen LogP contribution in [0.3, 0.4) is 0 Å². The van der Waals surface area contributed by atoms with Crippen molar-refractivity contribution in [2.45, 2.75) is 76.9 Å². The summed E-state index contributed by atoms with van der Waals surface area (Å²) in [6.07, 6.45) is 0.689. The molecule has 1 heterocycles. The monoisotopic (exact) mass is 613 g/mol. The molecule has 1 N–H and O–H groups in total. The Bertz CT molecular complexity index is 1400. The summed E-state index contributed by atoms with van der Waals surface area (Å²) >= 11 is 0. The van der Waals surface area contributed by atoms with Crippen molar-refractivity contribution in [1.29, 1.82) is 0 Å². The number of methoxy groups -OCH3 is 1. The first-order valence-corrected chi connectivity index (χ1v) is 14.8. The second-order valence-electron chi connectivity index (χ2n) is 12.8. The van der Waals surface area contributed by atoms with Crippen LogP contribution >= 0.6 is 0 Å². The molecule has 2 bridgehead atoms. The first-order valence-electron chi connectivity index (χ1n) is 14.8. The van der Waals surface area contributed by atoms with Crippen LogP contribution < -0.4 is 10.1 Å². The molecule has 1 amide bonds. The Morgan fingerprint density at radius 1 is 1.05 bits per heavy atom. The molecule has 2 aromatic carbocycles. The fourth-order valence-electron chi connectivity index (χ4n) is 7.08. The first-order chi connectivity index (χ1) is 20.7. The standard InChI is InChI=1S/C32H38BF2NO8/c1-30(2)21-15-23(30)32(4)24(16-21)43-33(44-32)25(36-26(37)17-31(3,34)35)14-20-12-9-13-22(27(20)40-5)29(39)42-18-41-28(38)19-10-7-6-8-11-19/h6-13,21,23-25H,14-18H2,1-5H3,(H,36,37). The zero-order valence-corrected chi connectivity index (χ0v) is 25.6. The highest BCUT2D eigenvalue weighted by molar-refractivity contribution is 6.48. The predicted octanol–water partition coefficient (Wildman–Crippen LogP) is 5.01. The molecular formula is C32H38BF2NO8. The summed E-state index contributed by atoms with van der Waals surface area (Å²) in [6, 6.07) is 13.1. The van der Waals surface area contributed by atoms with Gasteiger partial charge in [-0.15, -0.1) is 0 Å². The molecule has 3 aliphatic carbocycles. The van der Waals surface area contributed by atoms with E-state index >= 15 is 0 Å². The lowest BCUT2D eigenvalue weighted by molar-refractivity contribution is -0.199. The zero-order valence-electron chi connectivity index (χ0n) is 25.6. The Labute approximate surface area is 256 Å². The third-order valence-corrected chi connectivity index (χ3v) is 9.46. The lowest BCUT2D eigenvalue weighted by Crippen LogP contribution is -2.65. The van der Waals surface area contributed by atoms with Gasteiger partial charge in [-0.3, -0.25) is 4.79 Å². The van der Waals surface area contributed by atoms with E-state index in [1.54, 1.807) is 42.5 Å². The molecular weight excluding hydrogens is 575 g/mol. The molecule has 5 atom stereocenters. The molecule has 236 valence electrons. The predicted molar refractivity (Wildman–Crippen MR) is 156 cm³/mol. The topological polar surface area (TPSA) is 109 Å². The van der Waals surface area contributed by atoms with E-state index in [1.807, 2.05) is 6.92 Å².